The molecule has 2 rings (SSSR count). The van der Waals surface area contributed by atoms with Crippen molar-refractivity contribution >= 4 is 11.6 Å². The van der Waals surface area contributed by atoms with Crippen LogP contribution < -0.4 is 11.3 Å². The standard InChI is InChI=1S/C10H17ClN4O/c1-15-10(7(11)6-13-15)9(14-12)8-4-2-3-5-16-8/h6,8-9,14H,2-5,12H2,1H3. The molecule has 1 fully saturated rings. The average Bonchev–Trinajstić information content (AvgIpc) is 2.63. The molecule has 1 aliphatic rings. The fourth-order valence-corrected chi connectivity index (χ4v) is 2.44. The number of hydrogen-bond acceptors (Lipinski definition) is 4. The van der Waals surface area contributed by atoms with Crippen molar-refractivity contribution in [1.82, 2.24) is 15.2 Å². The van der Waals surface area contributed by atoms with Gasteiger partial charge in [-0.2, -0.15) is 5.10 Å². The van der Waals surface area contributed by atoms with Gasteiger partial charge in [-0.25, -0.2) is 5.43 Å². The van der Waals surface area contributed by atoms with Crippen molar-refractivity contribution in [3.63, 3.8) is 0 Å². The summed E-state index contributed by atoms with van der Waals surface area (Å²) in [6.45, 7) is 0.790. The molecule has 1 aromatic rings. The monoisotopic (exact) mass is 244 g/mol. The summed E-state index contributed by atoms with van der Waals surface area (Å²) < 4.78 is 7.46. The molecule has 5 nitrogen and oxygen atoms in total. The molecule has 0 saturated carbocycles. The second-order valence-electron chi connectivity index (χ2n) is 4.05. The Morgan fingerprint density at radius 2 is 2.50 bits per heavy atom. The van der Waals surface area contributed by atoms with Crippen LogP contribution in [0.5, 0.6) is 0 Å². The minimum atomic E-state index is -0.0969. The second-order valence-corrected chi connectivity index (χ2v) is 4.46. The molecular formula is C10H17ClN4O. The molecule has 0 aromatic carbocycles. The zero-order valence-electron chi connectivity index (χ0n) is 9.32. The van der Waals surface area contributed by atoms with Crippen molar-refractivity contribution in [2.45, 2.75) is 31.4 Å². The summed E-state index contributed by atoms with van der Waals surface area (Å²) in [5.74, 6) is 5.60. The van der Waals surface area contributed by atoms with Gasteiger partial charge in [0.1, 0.15) is 0 Å². The first-order chi connectivity index (χ1) is 7.74. The normalized spacial score (nSPS) is 23.3. The molecule has 1 aliphatic heterocycles. The molecular weight excluding hydrogens is 228 g/mol. The van der Waals surface area contributed by atoms with Crippen LogP contribution in [-0.2, 0) is 11.8 Å². The van der Waals surface area contributed by atoms with Crippen molar-refractivity contribution in [2.24, 2.45) is 12.9 Å². The van der Waals surface area contributed by atoms with E-state index in [9.17, 15) is 0 Å². The van der Waals surface area contributed by atoms with Crippen LogP contribution in [0.25, 0.3) is 0 Å². The SMILES string of the molecule is Cn1ncc(Cl)c1C(NN)C1CCCCO1. The third-order valence-electron chi connectivity index (χ3n) is 3.00. The summed E-state index contributed by atoms with van der Waals surface area (Å²) >= 11 is 6.10. The van der Waals surface area contributed by atoms with Crippen LogP contribution in [-0.4, -0.2) is 22.5 Å². The molecule has 0 amide bonds. The number of hydrazine groups is 1. The van der Waals surface area contributed by atoms with E-state index in [0.717, 1.165) is 31.6 Å². The summed E-state index contributed by atoms with van der Waals surface area (Å²) in [6, 6.07) is -0.0969. The lowest BCUT2D eigenvalue weighted by Crippen LogP contribution is -2.40. The Bertz CT molecular complexity index is 329. The maximum atomic E-state index is 6.10. The van der Waals surface area contributed by atoms with Crippen LogP contribution in [0, 0.1) is 0 Å². The highest BCUT2D eigenvalue weighted by molar-refractivity contribution is 6.31. The molecule has 2 unspecified atom stereocenters. The Kier molecular flexibility index (Phi) is 3.81. The Balaban J connectivity index is 2.21. The van der Waals surface area contributed by atoms with Gasteiger partial charge >= 0.3 is 0 Å². The van der Waals surface area contributed by atoms with E-state index in [1.165, 1.54) is 0 Å². The third-order valence-corrected chi connectivity index (χ3v) is 3.29. The van der Waals surface area contributed by atoms with Crippen molar-refractivity contribution in [3.8, 4) is 0 Å². The molecule has 3 N–H and O–H groups in total. The second kappa shape index (κ2) is 5.14. The van der Waals surface area contributed by atoms with Crippen molar-refractivity contribution in [2.75, 3.05) is 6.61 Å². The molecule has 0 radical (unpaired) electrons. The predicted molar refractivity (Wildman–Crippen MR) is 61.9 cm³/mol. The number of aryl methyl sites for hydroxylation is 1. The van der Waals surface area contributed by atoms with E-state index in [1.807, 2.05) is 7.05 Å². The van der Waals surface area contributed by atoms with Gasteiger partial charge in [-0.15, -0.1) is 0 Å². The molecule has 0 spiro atoms. The number of rotatable bonds is 3. The lowest BCUT2D eigenvalue weighted by molar-refractivity contribution is -0.00983. The number of nitrogens with zero attached hydrogens (tertiary/aromatic N) is 2. The maximum absolute atomic E-state index is 6.10. The smallest absolute Gasteiger partial charge is 0.0905 e. The van der Waals surface area contributed by atoms with Crippen LogP contribution in [0.15, 0.2) is 6.20 Å². The zero-order valence-corrected chi connectivity index (χ0v) is 10.1. The Hall–Kier alpha value is -0.620. The Morgan fingerprint density at radius 3 is 3.00 bits per heavy atom. The number of aromatic nitrogens is 2. The molecule has 6 heteroatoms. The Labute approximate surface area is 99.9 Å². The molecule has 16 heavy (non-hydrogen) atoms. The molecule has 1 saturated heterocycles. The quantitative estimate of drug-likeness (QED) is 0.618. The van der Waals surface area contributed by atoms with E-state index < -0.39 is 0 Å². The molecule has 1 aromatic heterocycles. The minimum Gasteiger partial charge on any atom is -0.376 e. The van der Waals surface area contributed by atoms with Gasteiger partial charge in [0.2, 0.25) is 0 Å². The topological polar surface area (TPSA) is 65.1 Å². The van der Waals surface area contributed by atoms with Gasteiger partial charge in [-0.1, -0.05) is 11.6 Å². The highest BCUT2D eigenvalue weighted by Crippen LogP contribution is 2.29. The first-order valence-electron chi connectivity index (χ1n) is 5.49. The molecule has 90 valence electrons. The first-order valence-corrected chi connectivity index (χ1v) is 5.87. The number of hydrogen-bond donors (Lipinski definition) is 2. The number of nitrogens with one attached hydrogen (secondary N) is 1. The number of nitrogens with two attached hydrogens (primary N) is 1. The van der Waals surface area contributed by atoms with Gasteiger partial charge < -0.3 is 4.74 Å². The Morgan fingerprint density at radius 1 is 1.69 bits per heavy atom. The van der Waals surface area contributed by atoms with Crippen LogP contribution >= 0.6 is 11.6 Å². The molecule has 0 bridgehead atoms. The lowest BCUT2D eigenvalue weighted by atomic mass is 10.00. The van der Waals surface area contributed by atoms with Crippen LogP contribution in [0.4, 0.5) is 0 Å². The minimum absolute atomic E-state index is 0.0756. The lowest BCUT2D eigenvalue weighted by Gasteiger charge is -2.30. The van der Waals surface area contributed by atoms with Crippen LogP contribution in [0.1, 0.15) is 31.0 Å². The van der Waals surface area contributed by atoms with E-state index in [4.69, 9.17) is 22.2 Å². The van der Waals surface area contributed by atoms with E-state index >= 15 is 0 Å². The highest BCUT2D eigenvalue weighted by Gasteiger charge is 2.29. The molecule has 2 heterocycles. The van der Waals surface area contributed by atoms with E-state index in [-0.39, 0.29) is 12.1 Å². The maximum Gasteiger partial charge on any atom is 0.0905 e. The van der Waals surface area contributed by atoms with E-state index in [0.29, 0.717) is 5.02 Å². The summed E-state index contributed by atoms with van der Waals surface area (Å²) in [7, 11) is 1.86. The fraction of sp³-hybridized carbons (Fsp3) is 0.700. The van der Waals surface area contributed by atoms with E-state index in [2.05, 4.69) is 10.5 Å². The van der Waals surface area contributed by atoms with Crippen LogP contribution in [0.3, 0.4) is 0 Å². The van der Waals surface area contributed by atoms with Gasteiger partial charge in [-0.3, -0.25) is 10.5 Å². The van der Waals surface area contributed by atoms with Gasteiger partial charge in [0.15, 0.2) is 0 Å². The largest absolute Gasteiger partial charge is 0.376 e. The van der Waals surface area contributed by atoms with Gasteiger partial charge in [0, 0.05) is 13.7 Å². The molecule has 0 aliphatic carbocycles. The zero-order chi connectivity index (χ0) is 11.5. The summed E-state index contributed by atoms with van der Waals surface area (Å²) in [5, 5.41) is 4.74. The third kappa shape index (κ3) is 2.22. The van der Waals surface area contributed by atoms with Crippen molar-refractivity contribution in [3.05, 3.63) is 16.9 Å². The van der Waals surface area contributed by atoms with Crippen molar-refractivity contribution in [1.29, 1.82) is 0 Å². The summed E-state index contributed by atoms with van der Waals surface area (Å²) in [4.78, 5) is 0. The summed E-state index contributed by atoms with van der Waals surface area (Å²) in [5.41, 5.74) is 3.67. The number of halogens is 1. The van der Waals surface area contributed by atoms with Gasteiger partial charge in [0.25, 0.3) is 0 Å². The average molecular weight is 245 g/mol. The van der Waals surface area contributed by atoms with Gasteiger partial charge in [-0.05, 0) is 19.3 Å². The number of ether oxygens (including phenoxy) is 1. The van der Waals surface area contributed by atoms with Crippen molar-refractivity contribution < 1.29 is 4.74 Å². The van der Waals surface area contributed by atoms with E-state index in [1.54, 1.807) is 10.9 Å². The summed E-state index contributed by atoms with van der Waals surface area (Å²) in [6.07, 6.45) is 4.98. The fourth-order valence-electron chi connectivity index (χ4n) is 2.16. The molecule has 2 atom stereocenters. The van der Waals surface area contributed by atoms with Crippen LogP contribution in [0.2, 0.25) is 5.02 Å². The van der Waals surface area contributed by atoms with Gasteiger partial charge in [0.05, 0.1) is 29.1 Å². The highest BCUT2D eigenvalue weighted by atomic mass is 35.5. The predicted octanol–water partition coefficient (Wildman–Crippen LogP) is 1.15. The first kappa shape index (κ1) is 11.9.